The van der Waals surface area contributed by atoms with E-state index < -0.39 is 0 Å². The quantitative estimate of drug-likeness (QED) is 0.884. The van der Waals surface area contributed by atoms with Gasteiger partial charge in [0.15, 0.2) is 5.17 Å². The van der Waals surface area contributed by atoms with Crippen molar-refractivity contribution in [3.05, 3.63) is 29.8 Å². The van der Waals surface area contributed by atoms with E-state index in [4.69, 9.17) is 10.3 Å². The molecule has 4 heteroatoms. The second-order valence-corrected chi connectivity index (χ2v) is 5.78. The van der Waals surface area contributed by atoms with E-state index in [1.54, 1.807) is 17.8 Å². The summed E-state index contributed by atoms with van der Waals surface area (Å²) in [7, 11) is 0. The van der Waals surface area contributed by atoms with Crippen molar-refractivity contribution in [2.24, 2.45) is 10.9 Å². The molecular formula is C14H17N3S. The van der Waals surface area contributed by atoms with Crippen LogP contribution in [0.25, 0.3) is 0 Å². The van der Waals surface area contributed by atoms with Gasteiger partial charge in [-0.2, -0.15) is 5.26 Å². The molecule has 18 heavy (non-hydrogen) atoms. The Morgan fingerprint density at radius 3 is 3.06 bits per heavy atom. The molecule has 0 fully saturated rings. The molecule has 3 nitrogen and oxygen atoms in total. The molecule has 0 aliphatic carbocycles. The van der Waals surface area contributed by atoms with E-state index >= 15 is 0 Å². The number of hydrogen-bond acceptors (Lipinski definition) is 4. The van der Waals surface area contributed by atoms with Crippen molar-refractivity contribution in [3.8, 4) is 6.07 Å². The van der Waals surface area contributed by atoms with Gasteiger partial charge in [-0.25, -0.2) is 0 Å². The van der Waals surface area contributed by atoms with Gasteiger partial charge in [0, 0.05) is 11.4 Å². The van der Waals surface area contributed by atoms with Crippen LogP contribution in [0.5, 0.6) is 0 Å². The third-order valence-corrected chi connectivity index (χ3v) is 3.87. The lowest BCUT2D eigenvalue weighted by Gasteiger charge is -2.23. The SMILES string of the molecule is CC(C)C1CCSC(Nc2cccc(C#N)c2)=N1. The van der Waals surface area contributed by atoms with Gasteiger partial charge in [0.25, 0.3) is 0 Å². The van der Waals surface area contributed by atoms with Crippen LogP contribution in [0.15, 0.2) is 29.3 Å². The Kier molecular flexibility index (Phi) is 4.27. The topological polar surface area (TPSA) is 48.2 Å². The van der Waals surface area contributed by atoms with Crippen LogP contribution in [0.1, 0.15) is 25.8 Å². The van der Waals surface area contributed by atoms with E-state index in [0.29, 0.717) is 17.5 Å². The lowest BCUT2D eigenvalue weighted by Crippen LogP contribution is -2.23. The number of rotatable bonds is 2. The van der Waals surface area contributed by atoms with Crippen molar-refractivity contribution in [1.82, 2.24) is 0 Å². The second-order valence-electron chi connectivity index (χ2n) is 4.70. The molecule has 1 atom stereocenters. The lowest BCUT2D eigenvalue weighted by molar-refractivity contribution is 0.485. The molecule has 0 saturated carbocycles. The van der Waals surface area contributed by atoms with Crippen molar-refractivity contribution >= 4 is 22.6 Å². The minimum atomic E-state index is 0.410. The summed E-state index contributed by atoms with van der Waals surface area (Å²) in [5.41, 5.74) is 1.60. The van der Waals surface area contributed by atoms with Gasteiger partial charge in [-0.05, 0) is 30.5 Å². The van der Waals surface area contributed by atoms with Crippen LogP contribution in [0.2, 0.25) is 0 Å². The highest BCUT2D eigenvalue weighted by atomic mass is 32.2. The normalized spacial score (nSPS) is 19.2. The summed E-state index contributed by atoms with van der Waals surface area (Å²) in [6.45, 7) is 4.41. The fourth-order valence-corrected chi connectivity index (χ4v) is 2.82. The molecule has 1 aromatic carbocycles. The molecule has 1 N–H and O–H groups in total. The fraction of sp³-hybridized carbons (Fsp3) is 0.429. The third-order valence-electron chi connectivity index (χ3n) is 2.95. The van der Waals surface area contributed by atoms with Gasteiger partial charge in [-0.3, -0.25) is 4.99 Å². The van der Waals surface area contributed by atoms with Crippen LogP contribution in [-0.2, 0) is 0 Å². The van der Waals surface area contributed by atoms with E-state index in [-0.39, 0.29) is 0 Å². The largest absolute Gasteiger partial charge is 0.335 e. The zero-order chi connectivity index (χ0) is 13.0. The average Bonchev–Trinajstić information content (AvgIpc) is 2.39. The third kappa shape index (κ3) is 3.27. The molecule has 2 rings (SSSR count). The van der Waals surface area contributed by atoms with Crippen molar-refractivity contribution in [2.45, 2.75) is 26.3 Å². The standard InChI is InChI=1S/C14H17N3S/c1-10(2)13-6-7-18-14(17-13)16-12-5-3-4-11(8-12)9-15/h3-5,8,10,13H,6-7H2,1-2H3,(H,16,17). The molecule has 0 spiro atoms. The molecule has 0 saturated heterocycles. The molecule has 94 valence electrons. The van der Waals surface area contributed by atoms with Crippen LogP contribution >= 0.6 is 11.8 Å². The Morgan fingerprint density at radius 1 is 1.50 bits per heavy atom. The van der Waals surface area contributed by atoms with Crippen molar-refractivity contribution in [1.29, 1.82) is 5.26 Å². The summed E-state index contributed by atoms with van der Waals surface area (Å²) < 4.78 is 0. The Balaban J connectivity index is 2.11. The van der Waals surface area contributed by atoms with Gasteiger partial charge in [0.1, 0.15) is 0 Å². The maximum Gasteiger partial charge on any atom is 0.161 e. The van der Waals surface area contributed by atoms with Crippen molar-refractivity contribution < 1.29 is 0 Å². The summed E-state index contributed by atoms with van der Waals surface area (Å²) in [5.74, 6) is 1.68. The molecular weight excluding hydrogens is 242 g/mol. The summed E-state index contributed by atoms with van der Waals surface area (Å²) in [5, 5.41) is 13.1. The number of nitriles is 1. The number of nitrogens with zero attached hydrogens (tertiary/aromatic N) is 2. The number of aliphatic imine (C=N–C) groups is 1. The maximum atomic E-state index is 8.87. The molecule has 0 aromatic heterocycles. The highest BCUT2D eigenvalue weighted by molar-refractivity contribution is 8.14. The van der Waals surface area contributed by atoms with E-state index in [1.807, 2.05) is 18.2 Å². The minimum Gasteiger partial charge on any atom is -0.335 e. The van der Waals surface area contributed by atoms with E-state index in [2.05, 4.69) is 25.2 Å². The average molecular weight is 259 g/mol. The summed E-state index contributed by atoms with van der Waals surface area (Å²) in [6.07, 6.45) is 1.14. The highest BCUT2D eigenvalue weighted by Crippen LogP contribution is 2.23. The molecule has 1 heterocycles. The molecule has 1 aliphatic heterocycles. The van der Waals surface area contributed by atoms with Gasteiger partial charge in [-0.15, -0.1) is 0 Å². The first-order chi connectivity index (χ1) is 8.69. The molecule has 0 amide bonds. The summed E-state index contributed by atoms with van der Waals surface area (Å²) in [4.78, 5) is 4.72. The Morgan fingerprint density at radius 2 is 2.33 bits per heavy atom. The lowest BCUT2D eigenvalue weighted by atomic mass is 10.0. The van der Waals surface area contributed by atoms with Crippen LogP contribution in [-0.4, -0.2) is 17.0 Å². The van der Waals surface area contributed by atoms with Crippen LogP contribution in [0.4, 0.5) is 5.69 Å². The van der Waals surface area contributed by atoms with Gasteiger partial charge in [0.05, 0.1) is 17.7 Å². The second kappa shape index (κ2) is 5.92. The molecule has 0 radical (unpaired) electrons. The summed E-state index contributed by atoms with van der Waals surface area (Å²) >= 11 is 1.75. The Labute approximate surface area is 112 Å². The van der Waals surface area contributed by atoms with Crippen molar-refractivity contribution in [3.63, 3.8) is 0 Å². The summed E-state index contributed by atoms with van der Waals surface area (Å²) in [6, 6.07) is 10.1. The van der Waals surface area contributed by atoms with E-state index in [0.717, 1.165) is 23.0 Å². The van der Waals surface area contributed by atoms with Gasteiger partial charge in [0.2, 0.25) is 0 Å². The number of anilines is 1. The highest BCUT2D eigenvalue weighted by Gasteiger charge is 2.18. The number of benzene rings is 1. The zero-order valence-corrected chi connectivity index (χ0v) is 11.5. The zero-order valence-electron chi connectivity index (χ0n) is 10.7. The molecule has 1 aliphatic rings. The monoisotopic (exact) mass is 259 g/mol. The van der Waals surface area contributed by atoms with Gasteiger partial charge < -0.3 is 5.32 Å². The minimum absolute atomic E-state index is 0.410. The first-order valence-electron chi connectivity index (χ1n) is 6.17. The van der Waals surface area contributed by atoms with Gasteiger partial charge >= 0.3 is 0 Å². The maximum absolute atomic E-state index is 8.87. The van der Waals surface area contributed by atoms with Crippen LogP contribution < -0.4 is 5.32 Å². The van der Waals surface area contributed by atoms with E-state index in [9.17, 15) is 0 Å². The number of hydrogen-bond donors (Lipinski definition) is 1. The Bertz CT molecular complexity index is 488. The predicted molar refractivity (Wildman–Crippen MR) is 77.9 cm³/mol. The first kappa shape index (κ1) is 13.0. The van der Waals surface area contributed by atoms with Crippen LogP contribution in [0.3, 0.4) is 0 Å². The number of amidine groups is 1. The predicted octanol–water partition coefficient (Wildman–Crippen LogP) is 3.49. The van der Waals surface area contributed by atoms with Crippen molar-refractivity contribution in [2.75, 3.05) is 11.1 Å². The molecule has 1 unspecified atom stereocenters. The smallest absolute Gasteiger partial charge is 0.161 e. The fourth-order valence-electron chi connectivity index (χ4n) is 1.87. The molecule has 1 aromatic rings. The first-order valence-corrected chi connectivity index (χ1v) is 7.15. The number of thioether (sulfide) groups is 1. The van der Waals surface area contributed by atoms with E-state index in [1.165, 1.54) is 0 Å². The molecule has 0 bridgehead atoms. The van der Waals surface area contributed by atoms with Crippen LogP contribution in [0, 0.1) is 17.2 Å². The number of nitrogens with one attached hydrogen (secondary N) is 1. The van der Waals surface area contributed by atoms with Gasteiger partial charge in [-0.1, -0.05) is 31.7 Å². The Hall–Kier alpha value is -1.47.